The smallest absolute Gasteiger partial charge is 0.252 e. The van der Waals surface area contributed by atoms with Crippen molar-refractivity contribution < 1.29 is 8.42 Å². The van der Waals surface area contributed by atoms with Gasteiger partial charge in [0.15, 0.2) is 0 Å². The first kappa shape index (κ1) is 13.5. The molecule has 4 nitrogen and oxygen atoms in total. The lowest BCUT2D eigenvalue weighted by Crippen LogP contribution is -2.46. The van der Waals surface area contributed by atoms with Crippen LogP contribution in [0.4, 0.5) is 0 Å². The summed E-state index contributed by atoms with van der Waals surface area (Å²) < 4.78 is 27.5. The van der Waals surface area contributed by atoms with Crippen molar-refractivity contribution in [3.63, 3.8) is 0 Å². The molecule has 0 aliphatic carbocycles. The number of rotatable bonds is 3. The van der Waals surface area contributed by atoms with Crippen LogP contribution in [0.15, 0.2) is 20.1 Å². The van der Waals surface area contributed by atoms with Gasteiger partial charge in [0.2, 0.25) is 0 Å². The normalized spacial score (nSPS) is 22.8. The molecule has 1 aromatic heterocycles. The number of halogens is 1. The number of nitrogens with zero attached hydrogens (tertiary/aromatic N) is 1. The van der Waals surface area contributed by atoms with Crippen molar-refractivity contribution in [2.24, 2.45) is 0 Å². The Morgan fingerprint density at radius 1 is 1.53 bits per heavy atom. The van der Waals surface area contributed by atoms with Crippen LogP contribution in [-0.2, 0) is 10.0 Å². The number of piperidine rings is 1. The van der Waals surface area contributed by atoms with Crippen LogP contribution in [0.1, 0.15) is 12.8 Å². The molecule has 17 heavy (non-hydrogen) atoms. The highest BCUT2D eigenvalue weighted by Gasteiger charge is 2.30. The Balaban J connectivity index is 2.21. The maximum absolute atomic E-state index is 12.3. The standard InChI is InChI=1S/C10H15BrN2O2S2/c1-12-8-3-2-6-13(7-8)17(14,15)10-5-4-9(11)16-10/h4-5,8,12H,2-3,6-7H2,1H3/t8-/m1/s1. The van der Waals surface area contributed by atoms with Crippen LogP contribution in [0.2, 0.25) is 0 Å². The number of thiophene rings is 1. The highest BCUT2D eigenvalue weighted by molar-refractivity contribution is 9.11. The summed E-state index contributed by atoms with van der Waals surface area (Å²) in [6, 6.07) is 3.70. The van der Waals surface area contributed by atoms with Gasteiger partial charge in [0, 0.05) is 19.1 Å². The van der Waals surface area contributed by atoms with Crippen LogP contribution >= 0.6 is 27.3 Å². The first-order valence-corrected chi connectivity index (χ1v) is 8.52. The molecule has 1 saturated heterocycles. The Kier molecular flexibility index (Phi) is 4.25. The van der Waals surface area contributed by atoms with Crippen molar-refractivity contribution in [2.45, 2.75) is 23.1 Å². The minimum atomic E-state index is -3.30. The largest absolute Gasteiger partial charge is 0.316 e. The SMILES string of the molecule is CN[C@@H]1CCCN(S(=O)(=O)c2ccc(Br)s2)C1. The third kappa shape index (κ3) is 2.90. The fraction of sp³-hybridized carbons (Fsp3) is 0.600. The molecule has 0 radical (unpaired) electrons. The molecule has 1 N–H and O–H groups in total. The fourth-order valence-corrected chi connectivity index (χ4v) is 5.65. The fourth-order valence-electron chi connectivity index (χ4n) is 1.96. The molecule has 1 fully saturated rings. The van der Waals surface area contributed by atoms with Gasteiger partial charge in [-0.2, -0.15) is 4.31 Å². The van der Waals surface area contributed by atoms with Crippen LogP contribution in [-0.4, -0.2) is 38.9 Å². The molecule has 96 valence electrons. The summed E-state index contributed by atoms with van der Waals surface area (Å²) in [5.74, 6) is 0. The minimum absolute atomic E-state index is 0.266. The molecule has 2 heterocycles. The summed E-state index contributed by atoms with van der Waals surface area (Å²) in [5, 5.41) is 3.15. The van der Waals surface area contributed by atoms with Crippen LogP contribution in [0.3, 0.4) is 0 Å². The van der Waals surface area contributed by atoms with Crippen molar-refractivity contribution in [3.8, 4) is 0 Å². The number of likely N-dealkylation sites (N-methyl/N-ethyl adjacent to an activating group) is 1. The van der Waals surface area contributed by atoms with Gasteiger partial charge in [-0.05, 0) is 48.0 Å². The molecule has 1 aromatic rings. The first-order chi connectivity index (χ1) is 8.04. The monoisotopic (exact) mass is 338 g/mol. The van der Waals surface area contributed by atoms with Crippen molar-refractivity contribution in [2.75, 3.05) is 20.1 Å². The van der Waals surface area contributed by atoms with Gasteiger partial charge in [-0.25, -0.2) is 8.42 Å². The van der Waals surface area contributed by atoms with Gasteiger partial charge in [0.1, 0.15) is 4.21 Å². The Morgan fingerprint density at radius 3 is 2.88 bits per heavy atom. The van der Waals surface area contributed by atoms with E-state index in [2.05, 4.69) is 21.2 Å². The first-order valence-electron chi connectivity index (χ1n) is 5.47. The third-order valence-electron chi connectivity index (χ3n) is 2.94. The molecule has 1 aliphatic rings. The van der Waals surface area contributed by atoms with Gasteiger partial charge in [-0.3, -0.25) is 0 Å². The van der Waals surface area contributed by atoms with Gasteiger partial charge < -0.3 is 5.32 Å². The summed E-state index contributed by atoms with van der Waals surface area (Å²) in [6.07, 6.45) is 1.95. The van der Waals surface area contributed by atoms with Crippen molar-refractivity contribution >= 4 is 37.3 Å². The molecule has 0 aromatic carbocycles. The molecule has 2 rings (SSSR count). The summed E-state index contributed by atoms with van der Waals surface area (Å²) in [5.41, 5.74) is 0. The predicted octanol–water partition coefficient (Wildman–Crippen LogP) is 1.88. The molecular formula is C10H15BrN2O2S2. The molecule has 0 spiro atoms. The van der Waals surface area contributed by atoms with Crippen LogP contribution < -0.4 is 5.32 Å². The zero-order valence-corrected chi connectivity index (χ0v) is 12.7. The summed E-state index contributed by atoms with van der Waals surface area (Å²) in [6.45, 7) is 1.18. The van der Waals surface area contributed by atoms with Crippen molar-refractivity contribution in [1.29, 1.82) is 0 Å². The van der Waals surface area contributed by atoms with E-state index in [9.17, 15) is 8.42 Å². The highest BCUT2D eigenvalue weighted by Crippen LogP contribution is 2.29. The minimum Gasteiger partial charge on any atom is -0.316 e. The predicted molar refractivity (Wildman–Crippen MR) is 72.9 cm³/mol. The lowest BCUT2D eigenvalue weighted by molar-refractivity contribution is 0.293. The Labute approximate surface area is 114 Å². The van der Waals surface area contributed by atoms with E-state index in [1.54, 1.807) is 16.4 Å². The summed E-state index contributed by atoms with van der Waals surface area (Å²) in [4.78, 5) is 0. The average Bonchev–Trinajstić information content (AvgIpc) is 2.76. The number of hydrogen-bond donors (Lipinski definition) is 1. The van der Waals surface area contributed by atoms with Gasteiger partial charge in [-0.1, -0.05) is 0 Å². The summed E-state index contributed by atoms with van der Waals surface area (Å²) in [7, 11) is -1.42. The van der Waals surface area contributed by atoms with Crippen LogP contribution in [0, 0.1) is 0 Å². The lowest BCUT2D eigenvalue weighted by atomic mass is 10.1. The van der Waals surface area contributed by atoms with Crippen LogP contribution in [0.5, 0.6) is 0 Å². The second-order valence-electron chi connectivity index (χ2n) is 4.05. The van der Waals surface area contributed by atoms with Gasteiger partial charge in [0.25, 0.3) is 10.0 Å². The second kappa shape index (κ2) is 5.36. The third-order valence-corrected chi connectivity index (χ3v) is 6.89. The topological polar surface area (TPSA) is 49.4 Å². The lowest BCUT2D eigenvalue weighted by Gasteiger charge is -2.31. The molecule has 1 aliphatic heterocycles. The van der Waals surface area contributed by atoms with Gasteiger partial charge in [0.05, 0.1) is 3.79 Å². The van der Waals surface area contributed by atoms with E-state index < -0.39 is 10.0 Å². The Morgan fingerprint density at radius 2 is 2.29 bits per heavy atom. The zero-order chi connectivity index (χ0) is 12.5. The van der Waals surface area contributed by atoms with E-state index in [0.29, 0.717) is 17.3 Å². The van der Waals surface area contributed by atoms with Crippen molar-refractivity contribution in [1.82, 2.24) is 9.62 Å². The highest BCUT2D eigenvalue weighted by atomic mass is 79.9. The maximum atomic E-state index is 12.3. The average molecular weight is 339 g/mol. The van der Waals surface area contributed by atoms with E-state index in [1.165, 1.54) is 11.3 Å². The molecule has 0 unspecified atom stereocenters. The molecule has 7 heteroatoms. The number of hydrogen-bond acceptors (Lipinski definition) is 4. The van der Waals surface area contributed by atoms with E-state index >= 15 is 0 Å². The van der Waals surface area contributed by atoms with E-state index in [4.69, 9.17) is 0 Å². The quantitative estimate of drug-likeness (QED) is 0.915. The van der Waals surface area contributed by atoms with E-state index in [-0.39, 0.29) is 6.04 Å². The van der Waals surface area contributed by atoms with E-state index in [1.807, 2.05) is 7.05 Å². The zero-order valence-electron chi connectivity index (χ0n) is 9.52. The van der Waals surface area contributed by atoms with Crippen molar-refractivity contribution in [3.05, 3.63) is 15.9 Å². The second-order valence-corrected chi connectivity index (χ2v) is 8.68. The van der Waals surface area contributed by atoms with Gasteiger partial charge in [-0.15, -0.1) is 11.3 Å². The maximum Gasteiger partial charge on any atom is 0.252 e. The Hall–Kier alpha value is 0.0500. The van der Waals surface area contributed by atoms with Gasteiger partial charge >= 0.3 is 0 Å². The molecule has 0 saturated carbocycles. The number of sulfonamides is 1. The van der Waals surface area contributed by atoms with E-state index in [0.717, 1.165) is 16.6 Å². The molecular weight excluding hydrogens is 324 g/mol. The Bertz CT molecular complexity index is 486. The molecule has 1 atom stereocenters. The number of nitrogens with one attached hydrogen (secondary N) is 1. The molecule has 0 amide bonds. The molecule has 0 bridgehead atoms. The van der Waals surface area contributed by atoms with Crippen LogP contribution in [0.25, 0.3) is 0 Å². The summed E-state index contributed by atoms with van der Waals surface area (Å²) >= 11 is 4.56.